The molecular weight excluding hydrogens is 256 g/mol. The van der Waals surface area contributed by atoms with Gasteiger partial charge in [0.05, 0.1) is 0 Å². The number of hydrogen-bond donors (Lipinski definition) is 2. The number of carbonyl (C=O) groups excluding carboxylic acids is 1. The van der Waals surface area contributed by atoms with Crippen LogP contribution in [-0.2, 0) is 6.42 Å². The molecule has 0 aliphatic heterocycles. The molecule has 3 nitrogen and oxygen atoms in total. The molecule has 2 N–H and O–H groups in total. The van der Waals surface area contributed by atoms with E-state index in [-0.39, 0.29) is 10.7 Å². The fraction of sp³-hybridized carbons (Fsp3) is 0.533. The van der Waals surface area contributed by atoms with Gasteiger partial charge in [-0.2, -0.15) is 11.8 Å². The Hall–Kier alpha value is -1.00. The predicted octanol–water partition coefficient (Wildman–Crippen LogP) is 2.32. The van der Waals surface area contributed by atoms with E-state index < -0.39 is 0 Å². The minimum atomic E-state index is 0.0221. The van der Waals surface area contributed by atoms with Crippen LogP contribution in [0.15, 0.2) is 24.3 Å². The molecule has 0 saturated carbocycles. The van der Waals surface area contributed by atoms with E-state index in [4.69, 9.17) is 0 Å². The Morgan fingerprint density at radius 1 is 1.32 bits per heavy atom. The number of likely N-dealkylation sites (N-methyl/N-ethyl adjacent to an activating group) is 1. The van der Waals surface area contributed by atoms with Crippen LogP contribution in [0.25, 0.3) is 0 Å². The van der Waals surface area contributed by atoms with Gasteiger partial charge in [-0.3, -0.25) is 4.79 Å². The quantitative estimate of drug-likeness (QED) is 0.805. The van der Waals surface area contributed by atoms with Crippen LogP contribution in [0.3, 0.4) is 0 Å². The van der Waals surface area contributed by atoms with Crippen molar-refractivity contribution in [2.45, 2.75) is 25.0 Å². The fourth-order valence-electron chi connectivity index (χ4n) is 1.68. The molecule has 19 heavy (non-hydrogen) atoms. The summed E-state index contributed by atoms with van der Waals surface area (Å²) in [6.07, 6.45) is 2.93. The van der Waals surface area contributed by atoms with Crippen molar-refractivity contribution in [2.75, 3.05) is 26.4 Å². The Kier molecular flexibility index (Phi) is 6.38. The van der Waals surface area contributed by atoms with Crippen molar-refractivity contribution in [1.29, 1.82) is 0 Å². The van der Waals surface area contributed by atoms with Gasteiger partial charge in [0, 0.05) is 16.9 Å². The zero-order chi connectivity index (χ0) is 14.3. The fourth-order valence-corrected chi connectivity index (χ4v) is 1.90. The Bertz CT molecular complexity index is 418. The molecule has 0 unspecified atom stereocenters. The van der Waals surface area contributed by atoms with Crippen LogP contribution in [0.2, 0.25) is 0 Å². The summed E-state index contributed by atoms with van der Waals surface area (Å²) >= 11 is 1.76. The predicted molar refractivity (Wildman–Crippen MR) is 84.0 cm³/mol. The second kappa shape index (κ2) is 7.56. The number of hydrogen-bond acceptors (Lipinski definition) is 3. The Labute approximate surface area is 120 Å². The summed E-state index contributed by atoms with van der Waals surface area (Å²) in [6.45, 7) is 5.81. The molecule has 0 saturated heterocycles. The zero-order valence-corrected chi connectivity index (χ0v) is 13.1. The Morgan fingerprint density at radius 3 is 2.63 bits per heavy atom. The third-order valence-corrected chi connectivity index (χ3v) is 4.38. The van der Waals surface area contributed by atoms with Crippen molar-refractivity contribution in [3.05, 3.63) is 35.4 Å². The lowest BCUT2D eigenvalue weighted by Gasteiger charge is -2.22. The lowest BCUT2D eigenvalue weighted by molar-refractivity contribution is 0.0950. The minimum Gasteiger partial charge on any atom is -0.351 e. The first-order valence-electron chi connectivity index (χ1n) is 6.56. The first-order chi connectivity index (χ1) is 9.00. The molecule has 106 valence electrons. The number of benzene rings is 1. The summed E-state index contributed by atoms with van der Waals surface area (Å²) in [5.74, 6) is 0.0221. The van der Waals surface area contributed by atoms with Gasteiger partial charge in [0.15, 0.2) is 0 Å². The number of nitrogens with one attached hydrogen (secondary N) is 2. The molecule has 1 aromatic carbocycles. The second-order valence-electron chi connectivity index (χ2n) is 5.16. The molecule has 0 radical (unpaired) electrons. The van der Waals surface area contributed by atoms with Gasteiger partial charge in [-0.05, 0) is 51.7 Å². The van der Waals surface area contributed by atoms with Crippen LogP contribution in [0.4, 0.5) is 0 Å². The van der Waals surface area contributed by atoms with E-state index in [9.17, 15) is 4.79 Å². The van der Waals surface area contributed by atoms with Gasteiger partial charge < -0.3 is 10.6 Å². The van der Waals surface area contributed by atoms with Gasteiger partial charge in [0.1, 0.15) is 0 Å². The first kappa shape index (κ1) is 16.1. The lowest BCUT2D eigenvalue weighted by Crippen LogP contribution is -2.36. The average molecular weight is 280 g/mol. The molecule has 0 aliphatic carbocycles. The zero-order valence-electron chi connectivity index (χ0n) is 12.2. The van der Waals surface area contributed by atoms with Crippen molar-refractivity contribution in [2.24, 2.45) is 0 Å². The van der Waals surface area contributed by atoms with Crippen LogP contribution < -0.4 is 10.6 Å². The maximum absolute atomic E-state index is 12.3. The van der Waals surface area contributed by atoms with Gasteiger partial charge in [-0.1, -0.05) is 18.2 Å². The molecule has 0 fully saturated rings. The van der Waals surface area contributed by atoms with Crippen molar-refractivity contribution in [3.8, 4) is 0 Å². The van der Waals surface area contributed by atoms with E-state index in [1.54, 1.807) is 11.8 Å². The molecule has 0 atom stereocenters. The molecule has 4 heteroatoms. The van der Waals surface area contributed by atoms with Gasteiger partial charge in [-0.15, -0.1) is 0 Å². The van der Waals surface area contributed by atoms with Crippen LogP contribution in [-0.4, -0.2) is 37.0 Å². The van der Waals surface area contributed by atoms with E-state index in [2.05, 4.69) is 30.7 Å². The maximum atomic E-state index is 12.3. The summed E-state index contributed by atoms with van der Waals surface area (Å²) in [4.78, 5) is 12.3. The second-order valence-corrected chi connectivity index (χ2v) is 6.67. The summed E-state index contributed by atoms with van der Waals surface area (Å²) < 4.78 is 0.0651. The highest BCUT2D eigenvalue weighted by molar-refractivity contribution is 7.99. The third kappa shape index (κ3) is 5.25. The number of carbonyl (C=O) groups is 1. The minimum absolute atomic E-state index is 0.0221. The van der Waals surface area contributed by atoms with Crippen LogP contribution >= 0.6 is 11.8 Å². The van der Waals surface area contributed by atoms with Crippen molar-refractivity contribution in [1.82, 2.24) is 10.6 Å². The molecule has 0 bridgehead atoms. The maximum Gasteiger partial charge on any atom is 0.251 e. The normalized spacial score (nSPS) is 11.4. The molecule has 0 aromatic heterocycles. The third-order valence-electron chi connectivity index (χ3n) is 3.13. The van der Waals surface area contributed by atoms with E-state index in [1.807, 2.05) is 31.3 Å². The van der Waals surface area contributed by atoms with Crippen LogP contribution in [0, 0.1) is 0 Å². The van der Waals surface area contributed by atoms with Crippen molar-refractivity contribution >= 4 is 17.7 Å². The Morgan fingerprint density at radius 2 is 2.00 bits per heavy atom. The molecule has 0 heterocycles. The monoisotopic (exact) mass is 280 g/mol. The summed E-state index contributed by atoms with van der Waals surface area (Å²) in [7, 11) is 1.92. The molecule has 1 aromatic rings. The largest absolute Gasteiger partial charge is 0.351 e. The molecule has 0 aliphatic rings. The Balaban J connectivity index is 2.71. The SMILES string of the molecule is CNCCc1ccccc1C(=O)NCC(C)(C)SC. The van der Waals surface area contributed by atoms with Crippen LogP contribution in [0.5, 0.6) is 0 Å². The standard InChI is InChI=1S/C15H24N2OS/c1-15(2,19-4)11-17-14(18)13-8-6-5-7-12(13)9-10-16-3/h5-8,16H,9-11H2,1-4H3,(H,17,18). The highest BCUT2D eigenvalue weighted by Gasteiger charge is 2.18. The number of thioether (sulfide) groups is 1. The van der Waals surface area contributed by atoms with Crippen LogP contribution in [0.1, 0.15) is 29.8 Å². The summed E-state index contributed by atoms with van der Waals surface area (Å²) in [5.41, 5.74) is 1.88. The molecule has 0 spiro atoms. The van der Waals surface area contributed by atoms with E-state index >= 15 is 0 Å². The van der Waals surface area contributed by atoms with Crippen molar-refractivity contribution < 1.29 is 4.79 Å². The van der Waals surface area contributed by atoms with Gasteiger partial charge in [0.25, 0.3) is 5.91 Å². The number of rotatable bonds is 7. The molecule has 1 rings (SSSR count). The lowest BCUT2D eigenvalue weighted by atomic mass is 10.0. The van der Waals surface area contributed by atoms with E-state index in [0.717, 1.165) is 24.1 Å². The van der Waals surface area contributed by atoms with Crippen molar-refractivity contribution in [3.63, 3.8) is 0 Å². The molecule has 1 amide bonds. The average Bonchev–Trinajstić information content (AvgIpc) is 2.43. The highest BCUT2D eigenvalue weighted by Crippen LogP contribution is 2.20. The first-order valence-corrected chi connectivity index (χ1v) is 7.78. The smallest absolute Gasteiger partial charge is 0.251 e. The summed E-state index contributed by atoms with van der Waals surface area (Å²) in [6, 6.07) is 7.81. The molecular formula is C15H24N2OS. The van der Waals surface area contributed by atoms with Gasteiger partial charge in [0.2, 0.25) is 0 Å². The van der Waals surface area contributed by atoms with Gasteiger partial charge >= 0.3 is 0 Å². The van der Waals surface area contributed by atoms with Gasteiger partial charge in [-0.25, -0.2) is 0 Å². The van der Waals surface area contributed by atoms with E-state index in [1.165, 1.54) is 0 Å². The topological polar surface area (TPSA) is 41.1 Å². The van der Waals surface area contributed by atoms with E-state index in [0.29, 0.717) is 6.54 Å². The summed E-state index contributed by atoms with van der Waals surface area (Å²) in [5, 5.41) is 6.14. The highest BCUT2D eigenvalue weighted by atomic mass is 32.2. The number of amides is 1.